The van der Waals surface area contributed by atoms with Gasteiger partial charge in [0.2, 0.25) is 0 Å². The van der Waals surface area contributed by atoms with Gasteiger partial charge in [-0.25, -0.2) is 0 Å². The molecule has 1 heterocycles. The van der Waals surface area contributed by atoms with E-state index in [2.05, 4.69) is 31.1 Å². The molecule has 12 heavy (non-hydrogen) atoms. The minimum Gasteiger partial charge on any atom is -0.373 e. The van der Waals surface area contributed by atoms with Gasteiger partial charge in [-0.1, -0.05) is 19.6 Å². The Bertz CT molecular complexity index is 190. The molecule has 0 radical (unpaired) electrons. The minimum atomic E-state index is -1.11. The van der Waals surface area contributed by atoms with Gasteiger partial charge in [0, 0.05) is 6.42 Å². The van der Waals surface area contributed by atoms with Crippen LogP contribution in [-0.4, -0.2) is 20.8 Å². The van der Waals surface area contributed by atoms with Crippen LogP contribution in [0, 0.1) is 11.5 Å². The Kier molecular flexibility index (Phi) is 3.36. The lowest BCUT2D eigenvalue weighted by atomic mass is 10.2. The molecule has 1 rings (SSSR count). The molecule has 2 heteroatoms. The fourth-order valence-corrected chi connectivity index (χ4v) is 1.64. The van der Waals surface area contributed by atoms with Gasteiger partial charge in [-0.3, -0.25) is 0 Å². The first kappa shape index (κ1) is 9.82. The molecule has 1 fully saturated rings. The molecule has 1 atom stereocenters. The molecule has 0 aromatic rings. The first-order chi connectivity index (χ1) is 5.58. The van der Waals surface area contributed by atoms with Crippen molar-refractivity contribution in [3.8, 4) is 11.5 Å². The van der Waals surface area contributed by atoms with Gasteiger partial charge in [-0.05, 0) is 12.8 Å². The molecule has 68 valence electrons. The van der Waals surface area contributed by atoms with Crippen LogP contribution in [0.15, 0.2) is 0 Å². The van der Waals surface area contributed by atoms with Gasteiger partial charge in [-0.2, -0.15) is 0 Å². The molecular weight excluding hydrogens is 164 g/mol. The average Bonchev–Trinajstić information content (AvgIpc) is 2.68. The van der Waals surface area contributed by atoms with Crippen molar-refractivity contribution in [3.05, 3.63) is 0 Å². The molecule has 0 aromatic heterocycles. The Morgan fingerprint density at radius 3 is 2.58 bits per heavy atom. The van der Waals surface area contributed by atoms with Gasteiger partial charge in [-0.15, -0.1) is 11.5 Å². The van der Waals surface area contributed by atoms with Crippen molar-refractivity contribution < 1.29 is 4.74 Å². The number of hydrogen-bond acceptors (Lipinski definition) is 1. The highest BCUT2D eigenvalue weighted by Gasteiger charge is 2.20. The number of epoxide rings is 1. The summed E-state index contributed by atoms with van der Waals surface area (Å²) in [6.07, 6.45) is 4.06. The average molecular weight is 182 g/mol. The first-order valence-corrected chi connectivity index (χ1v) is 8.19. The predicted molar refractivity (Wildman–Crippen MR) is 54.7 cm³/mol. The van der Waals surface area contributed by atoms with Gasteiger partial charge in [0.05, 0.1) is 12.7 Å². The Morgan fingerprint density at radius 1 is 1.42 bits per heavy atom. The van der Waals surface area contributed by atoms with Crippen LogP contribution < -0.4 is 0 Å². The summed E-state index contributed by atoms with van der Waals surface area (Å²) in [6, 6.07) is 0. The van der Waals surface area contributed by atoms with Crippen LogP contribution in [0.1, 0.15) is 19.3 Å². The highest BCUT2D eigenvalue weighted by Crippen LogP contribution is 2.15. The third kappa shape index (κ3) is 5.40. The Morgan fingerprint density at radius 2 is 2.08 bits per heavy atom. The molecule has 0 saturated carbocycles. The van der Waals surface area contributed by atoms with Gasteiger partial charge >= 0.3 is 0 Å². The molecule has 1 nitrogen and oxygen atoms in total. The fourth-order valence-electron chi connectivity index (χ4n) is 0.980. The highest BCUT2D eigenvalue weighted by molar-refractivity contribution is 6.83. The second-order valence-corrected chi connectivity index (χ2v) is 9.15. The summed E-state index contributed by atoms with van der Waals surface area (Å²) in [5.41, 5.74) is 3.36. The smallest absolute Gasteiger partial charge is 0.129 e. The van der Waals surface area contributed by atoms with E-state index in [-0.39, 0.29) is 0 Å². The van der Waals surface area contributed by atoms with Crippen molar-refractivity contribution in [2.75, 3.05) is 6.61 Å². The van der Waals surface area contributed by atoms with Gasteiger partial charge in [0.25, 0.3) is 0 Å². The second-order valence-electron chi connectivity index (χ2n) is 4.40. The van der Waals surface area contributed by atoms with E-state index in [1.165, 1.54) is 12.8 Å². The van der Waals surface area contributed by atoms with E-state index >= 15 is 0 Å². The summed E-state index contributed by atoms with van der Waals surface area (Å²) in [5.74, 6) is 3.26. The lowest BCUT2D eigenvalue weighted by Crippen LogP contribution is -2.16. The molecule has 1 aliphatic rings. The molecule has 0 amide bonds. The van der Waals surface area contributed by atoms with Gasteiger partial charge in [0.15, 0.2) is 0 Å². The summed E-state index contributed by atoms with van der Waals surface area (Å²) >= 11 is 0. The van der Waals surface area contributed by atoms with E-state index in [9.17, 15) is 0 Å². The highest BCUT2D eigenvalue weighted by atomic mass is 28.3. The molecule has 1 saturated heterocycles. The maximum absolute atomic E-state index is 5.12. The fraction of sp³-hybridized carbons (Fsp3) is 0.800. The van der Waals surface area contributed by atoms with E-state index < -0.39 is 8.07 Å². The van der Waals surface area contributed by atoms with Crippen molar-refractivity contribution in [1.82, 2.24) is 0 Å². The molecule has 0 unspecified atom stereocenters. The SMILES string of the molecule is C[Si](C)(C)C#CCCC[C@@H]1CO1. The van der Waals surface area contributed by atoms with E-state index in [0.717, 1.165) is 13.0 Å². The van der Waals surface area contributed by atoms with Crippen molar-refractivity contribution in [2.24, 2.45) is 0 Å². The number of hydrogen-bond donors (Lipinski definition) is 0. The van der Waals surface area contributed by atoms with E-state index in [1.54, 1.807) is 0 Å². The van der Waals surface area contributed by atoms with Crippen molar-refractivity contribution >= 4 is 8.07 Å². The second kappa shape index (κ2) is 4.11. The van der Waals surface area contributed by atoms with E-state index in [1.807, 2.05) is 0 Å². The largest absolute Gasteiger partial charge is 0.373 e. The zero-order valence-corrected chi connectivity index (χ0v) is 9.31. The number of unbranched alkanes of at least 4 members (excludes halogenated alkanes) is 1. The molecule has 0 spiro atoms. The van der Waals surface area contributed by atoms with Gasteiger partial charge in [0.1, 0.15) is 8.07 Å². The lowest BCUT2D eigenvalue weighted by molar-refractivity contribution is 0.393. The van der Waals surface area contributed by atoms with Gasteiger partial charge < -0.3 is 4.74 Å². The monoisotopic (exact) mass is 182 g/mol. The lowest BCUT2D eigenvalue weighted by Gasteiger charge is -2.02. The molecule has 1 aliphatic heterocycles. The van der Waals surface area contributed by atoms with Crippen molar-refractivity contribution in [2.45, 2.75) is 45.0 Å². The summed E-state index contributed by atoms with van der Waals surface area (Å²) < 4.78 is 5.12. The zero-order valence-electron chi connectivity index (χ0n) is 8.31. The summed E-state index contributed by atoms with van der Waals surface area (Å²) in [5, 5.41) is 0. The van der Waals surface area contributed by atoms with Crippen LogP contribution >= 0.6 is 0 Å². The number of ether oxygens (including phenoxy) is 1. The standard InChI is InChI=1S/C10H18OSi/c1-12(2,3)8-6-4-5-7-10-9-11-10/h10H,4-5,7,9H2,1-3H3/t10-/m1/s1. The van der Waals surface area contributed by atoms with E-state index in [0.29, 0.717) is 6.10 Å². The summed E-state index contributed by atoms with van der Waals surface area (Å²) in [4.78, 5) is 0. The zero-order chi connectivity index (χ0) is 9.03. The normalized spacial score (nSPS) is 21.4. The van der Waals surface area contributed by atoms with Crippen LogP contribution in [-0.2, 0) is 4.74 Å². The maximum atomic E-state index is 5.12. The van der Waals surface area contributed by atoms with Crippen LogP contribution in [0.5, 0.6) is 0 Å². The quantitative estimate of drug-likeness (QED) is 0.283. The summed E-state index contributed by atoms with van der Waals surface area (Å²) in [7, 11) is -1.11. The molecular formula is C10H18OSi. The Balaban J connectivity index is 2.02. The van der Waals surface area contributed by atoms with Crippen LogP contribution in [0.4, 0.5) is 0 Å². The predicted octanol–water partition coefficient (Wildman–Crippen LogP) is 2.44. The first-order valence-electron chi connectivity index (χ1n) is 4.69. The van der Waals surface area contributed by atoms with E-state index in [4.69, 9.17) is 4.74 Å². The Hall–Kier alpha value is -0.263. The van der Waals surface area contributed by atoms with Crippen LogP contribution in [0.25, 0.3) is 0 Å². The third-order valence-electron chi connectivity index (χ3n) is 1.69. The topological polar surface area (TPSA) is 12.5 Å². The molecule has 0 aromatic carbocycles. The van der Waals surface area contributed by atoms with Crippen LogP contribution in [0.3, 0.4) is 0 Å². The molecule has 0 N–H and O–H groups in total. The molecule has 0 bridgehead atoms. The van der Waals surface area contributed by atoms with Crippen molar-refractivity contribution in [1.29, 1.82) is 0 Å². The maximum Gasteiger partial charge on any atom is 0.129 e. The summed E-state index contributed by atoms with van der Waals surface area (Å²) in [6.45, 7) is 7.83. The number of rotatable bonds is 3. The third-order valence-corrected chi connectivity index (χ3v) is 2.62. The van der Waals surface area contributed by atoms with Crippen molar-refractivity contribution in [3.63, 3.8) is 0 Å². The van der Waals surface area contributed by atoms with Crippen LogP contribution in [0.2, 0.25) is 19.6 Å². The Labute approximate surface area is 76.5 Å². The molecule has 0 aliphatic carbocycles. The minimum absolute atomic E-state index is 0.582.